The van der Waals surface area contributed by atoms with Gasteiger partial charge in [-0.2, -0.15) is 0 Å². The molecular formula is C10H21NO2S. The highest BCUT2D eigenvalue weighted by molar-refractivity contribution is 7.85. The van der Waals surface area contributed by atoms with Crippen molar-refractivity contribution >= 4 is 10.8 Å². The van der Waals surface area contributed by atoms with Gasteiger partial charge in [0.25, 0.3) is 0 Å². The Hall–Kier alpha value is 0.0700. The van der Waals surface area contributed by atoms with Gasteiger partial charge in [-0.05, 0) is 32.4 Å². The Labute approximate surface area is 89.1 Å². The third-order valence-electron chi connectivity index (χ3n) is 2.37. The van der Waals surface area contributed by atoms with E-state index in [1.54, 1.807) is 0 Å². The SMILES string of the molecule is CCNCCCS(=O)CC1CCCO1. The lowest BCUT2D eigenvalue weighted by Gasteiger charge is -2.08. The smallest absolute Gasteiger partial charge is 0.0691 e. The summed E-state index contributed by atoms with van der Waals surface area (Å²) in [6, 6.07) is 0. The van der Waals surface area contributed by atoms with Crippen LogP contribution >= 0.6 is 0 Å². The zero-order valence-electron chi connectivity index (χ0n) is 8.96. The van der Waals surface area contributed by atoms with E-state index in [1.165, 1.54) is 0 Å². The summed E-state index contributed by atoms with van der Waals surface area (Å²) in [4.78, 5) is 0. The fraction of sp³-hybridized carbons (Fsp3) is 1.00. The molecule has 0 spiro atoms. The molecule has 3 nitrogen and oxygen atoms in total. The van der Waals surface area contributed by atoms with Crippen LogP contribution in [0.1, 0.15) is 26.2 Å². The molecule has 1 aliphatic heterocycles. The standard InChI is InChI=1S/C10H21NO2S/c1-2-11-6-4-8-14(12)9-10-5-3-7-13-10/h10-11H,2-9H2,1H3. The van der Waals surface area contributed by atoms with Gasteiger partial charge in [0.1, 0.15) is 0 Å². The van der Waals surface area contributed by atoms with Crippen molar-refractivity contribution in [2.75, 3.05) is 31.2 Å². The maximum absolute atomic E-state index is 11.6. The third-order valence-corrected chi connectivity index (χ3v) is 3.86. The number of nitrogens with one attached hydrogen (secondary N) is 1. The quantitative estimate of drug-likeness (QED) is 0.647. The van der Waals surface area contributed by atoms with Crippen LogP contribution in [-0.4, -0.2) is 41.5 Å². The van der Waals surface area contributed by atoms with E-state index in [1.807, 2.05) is 0 Å². The van der Waals surface area contributed by atoms with Crippen LogP contribution in [0.2, 0.25) is 0 Å². The Morgan fingerprint density at radius 3 is 3.07 bits per heavy atom. The zero-order valence-corrected chi connectivity index (χ0v) is 9.78. The second-order valence-electron chi connectivity index (χ2n) is 3.65. The molecule has 1 rings (SSSR count). The Morgan fingerprint density at radius 2 is 2.43 bits per heavy atom. The van der Waals surface area contributed by atoms with E-state index in [0.717, 1.165) is 50.5 Å². The lowest BCUT2D eigenvalue weighted by Crippen LogP contribution is -2.20. The summed E-state index contributed by atoms with van der Waals surface area (Å²) in [6.07, 6.45) is 3.51. The van der Waals surface area contributed by atoms with Crippen molar-refractivity contribution < 1.29 is 8.95 Å². The first-order chi connectivity index (χ1) is 6.83. The molecule has 0 aromatic heterocycles. The summed E-state index contributed by atoms with van der Waals surface area (Å²) in [5.74, 6) is 1.55. The van der Waals surface area contributed by atoms with Crippen LogP contribution in [0.3, 0.4) is 0 Å². The monoisotopic (exact) mass is 219 g/mol. The van der Waals surface area contributed by atoms with Gasteiger partial charge in [0.2, 0.25) is 0 Å². The molecule has 14 heavy (non-hydrogen) atoms. The molecule has 0 aromatic rings. The van der Waals surface area contributed by atoms with Gasteiger partial charge in [-0.15, -0.1) is 0 Å². The molecule has 0 amide bonds. The molecular weight excluding hydrogens is 198 g/mol. The predicted octanol–water partition coefficient (Wildman–Crippen LogP) is 0.914. The predicted molar refractivity (Wildman–Crippen MR) is 60.0 cm³/mol. The summed E-state index contributed by atoms with van der Waals surface area (Å²) in [7, 11) is -0.678. The first kappa shape index (κ1) is 12.1. The largest absolute Gasteiger partial charge is 0.377 e. The molecule has 1 N–H and O–H groups in total. The van der Waals surface area contributed by atoms with Crippen LogP contribution in [0.5, 0.6) is 0 Å². The molecule has 2 unspecified atom stereocenters. The highest BCUT2D eigenvalue weighted by Crippen LogP contribution is 2.12. The highest BCUT2D eigenvalue weighted by atomic mass is 32.2. The normalized spacial score (nSPS) is 23.9. The Balaban J connectivity index is 1.98. The molecule has 1 saturated heterocycles. The average molecular weight is 219 g/mol. The van der Waals surface area contributed by atoms with E-state index in [9.17, 15) is 4.21 Å². The van der Waals surface area contributed by atoms with Crippen molar-refractivity contribution in [1.82, 2.24) is 5.32 Å². The minimum atomic E-state index is -0.678. The number of hydrogen-bond donors (Lipinski definition) is 1. The van der Waals surface area contributed by atoms with Crippen molar-refractivity contribution in [2.45, 2.75) is 32.3 Å². The van der Waals surface area contributed by atoms with Gasteiger partial charge in [0.05, 0.1) is 6.10 Å². The van der Waals surface area contributed by atoms with Gasteiger partial charge in [0, 0.05) is 28.9 Å². The second-order valence-corrected chi connectivity index (χ2v) is 5.27. The summed E-state index contributed by atoms with van der Waals surface area (Å²) >= 11 is 0. The zero-order chi connectivity index (χ0) is 10.2. The molecule has 0 radical (unpaired) electrons. The number of ether oxygens (including phenoxy) is 1. The van der Waals surface area contributed by atoms with E-state index < -0.39 is 10.8 Å². The van der Waals surface area contributed by atoms with Crippen LogP contribution in [0.15, 0.2) is 0 Å². The molecule has 84 valence electrons. The van der Waals surface area contributed by atoms with Crippen molar-refractivity contribution in [1.29, 1.82) is 0 Å². The van der Waals surface area contributed by atoms with Gasteiger partial charge in [-0.3, -0.25) is 4.21 Å². The van der Waals surface area contributed by atoms with Crippen molar-refractivity contribution in [3.63, 3.8) is 0 Å². The molecule has 0 aromatic carbocycles. The molecule has 1 heterocycles. The third kappa shape index (κ3) is 5.08. The summed E-state index contributed by atoms with van der Waals surface area (Å²) in [6.45, 7) is 4.93. The van der Waals surface area contributed by atoms with Gasteiger partial charge in [-0.25, -0.2) is 0 Å². The Kier molecular flexibility index (Phi) is 6.39. The summed E-state index contributed by atoms with van der Waals surface area (Å²) in [5, 5.41) is 3.23. The maximum atomic E-state index is 11.6. The van der Waals surface area contributed by atoms with E-state index in [2.05, 4.69) is 12.2 Å². The summed E-state index contributed by atoms with van der Waals surface area (Å²) < 4.78 is 17.0. The lowest BCUT2D eigenvalue weighted by molar-refractivity contribution is 0.128. The molecule has 1 fully saturated rings. The maximum Gasteiger partial charge on any atom is 0.0691 e. The molecule has 4 heteroatoms. The fourth-order valence-electron chi connectivity index (χ4n) is 1.60. The van der Waals surface area contributed by atoms with Crippen LogP contribution in [0.25, 0.3) is 0 Å². The van der Waals surface area contributed by atoms with E-state index in [4.69, 9.17) is 4.74 Å². The minimum Gasteiger partial charge on any atom is -0.377 e. The topological polar surface area (TPSA) is 38.3 Å². The van der Waals surface area contributed by atoms with Gasteiger partial charge < -0.3 is 10.1 Å². The highest BCUT2D eigenvalue weighted by Gasteiger charge is 2.17. The second kappa shape index (κ2) is 7.37. The Bertz CT molecular complexity index is 170. The lowest BCUT2D eigenvalue weighted by atomic mass is 10.3. The van der Waals surface area contributed by atoms with Crippen molar-refractivity contribution in [2.24, 2.45) is 0 Å². The van der Waals surface area contributed by atoms with E-state index in [-0.39, 0.29) is 6.10 Å². The van der Waals surface area contributed by atoms with Gasteiger partial charge >= 0.3 is 0 Å². The Morgan fingerprint density at radius 1 is 1.57 bits per heavy atom. The molecule has 0 saturated carbocycles. The molecule has 0 aliphatic carbocycles. The number of hydrogen-bond acceptors (Lipinski definition) is 3. The van der Waals surface area contributed by atoms with E-state index in [0.29, 0.717) is 0 Å². The van der Waals surface area contributed by atoms with Gasteiger partial charge in [-0.1, -0.05) is 6.92 Å². The minimum absolute atomic E-state index is 0.273. The molecule has 2 atom stereocenters. The summed E-state index contributed by atoms with van der Waals surface area (Å²) in [5.41, 5.74) is 0. The number of rotatable bonds is 7. The van der Waals surface area contributed by atoms with Crippen LogP contribution < -0.4 is 5.32 Å². The van der Waals surface area contributed by atoms with Crippen molar-refractivity contribution in [3.05, 3.63) is 0 Å². The fourth-order valence-corrected chi connectivity index (χ4v) is 2.91. The first-order valence-electron chi connectivity index (χ1n) is 5.50. The average Bonchev–Trinajstić information content (AvgIpc) is 2.65. The van der Waals surface area contributed by atoms with Crippen LogP contribution in [-0.2, 0) is 15.5 Å². The van der Waals surface area contributed by atoms with Gasteiger partial charge in [0.15, 0.2) is 0 Å². The first-order valence-corrected chi connectivity index (χ1v) is 6.99. The van der Waals surface area contributed by atoms with E-state index >= 15 is 0 Å². The molecule has 0 bridgehead atoms. The van der Waals surface area contributed by atoms with Crippen LogP contribution in [0, 0.1) is 0 Å². The van der Waals surface area contributed by atoms with Crippen molar-refractivity contribution in [3.8, 4) is 0 Å². The molecule has 1 aliphatic rings. The van der Waals surface area contributed by atoms with Crippen LogP contribution in [0.4, 0.5) is 0 Å².